The van der Waals surface area contributed by atoms with Crippen molar-refractivity contribution in [2.45, 2.75) is 18.5 Å². The van der Waals surface area contributed by atoms with E-state index in [2.05, 4.69) is 15.5 Å². The third-order valence-corrected chi connectivity index (χ3v) is 4.57. The van der Waals surface area contributed by atoms with Crippen molar-refractivity contribution in [2.24, 2.45) is 7.05 Å². The number of rotatable bonds is 7. The molecule has 0 radical (unpaired) electrons. The number of anilines is 1. The Kier molecular flexibility index (Phi) is 7.00. The average molecular weight is 394 g/mol. The molecule has 1 heterocycles. The summed E-state index contributed by atoms with van der Waals surface area (Å²) in [5.74, 6) is -0.0749. The zero-order valence-electron chi connectivity index (χ0n) is 14.2. The maximum atomic E-state index is 12.1. The first-order valence-electron chi connectivity index (χ1n) is 7.60. The second-order valence-electron chi connectivity index (χ2n) is 5.08. The number of esters is 1. The molecule has 0 saturated heterocycles. The van der Waals surface area contributed by atoms with Crippen LogP contribution >= 0.6 is 23.4 Å². The van der Waals surface area contributed by atoms with Gasteiger partial charge in [0, 0.05) is 12.7 Å². The van der Waals surface area contributed by atoms with Crippen LogP contribution < -0.4 is 5.32 Å². The van der Waals surface area contributed by atoms with E-state index in [1.54, 1.807) is 24.6 Å². The van der Waals surface area contributed by atoms with Gasteiger partial charge in [-0.15, -0.1) is 10.2 Å². The lowest BCUT2D eigenvalue weighted by Crippen LogP contribution is -2.15. The topological polar surface area (TPSA) is 110 Å². The smallest absolute Gasteiger partial charge is 0.313 e. The molecule has 0 fully saturated rings. The molecule has 1 amide bonds. The number of carbonyl (C=O) groups excluding carboxylic acids is 2. The van der Waals surface area contributed by atoms with Crippen molar-refractivity contribution in [1.82, 2.24) is 14.8 Å². The number of hydrogen-bond donors (Lipinski definition) is 1. The van der Waals surface area contributed by atoms with Crippen LogP contribution in [-0.4, -0.2) is 39.0 Å². The molecule has 26 heavy (non-hydrogen) atoms. The van der Waals surface area contributed by atoms with Crippen molar-refractivity contribution in [3.05, 3.63) is 34.6 Å². The minimum Gasteiger partial charge on any atom is -0.466 e. The number of nitrogens with one attached hydrogen (secondary N) is 1. The van der Waals surface area contributed by atoms with Crippen LogP contribution in [0.2, 0.25) is 5.02 Å². The maximum absolute atomic E-state index is 12.1. The molecule has 0 unspecified atom stereocenters. The molecule has 0 saturated carbocycles. The average Bonchev–Trinajstić information content (AvgIpc) is 2.93. The summed E-state index contributed by atoms with van der Waals surface area (Å²) in [5.41, 5.74) is 0.841. The standard InChI is InChI=1S/C16H16ClN5O3S/c1-3-25-15(24)7-13-20-21-16(22(13)2)26-9-14(23)19-11-5-4-10(8-18)12(17)6-11/h4-6H,3,7,9H2,1-2H3,(H,19,23). The molecule has 0 atom stereocenters. The number of thioether (sulfide) groups is 1. The summed E-state index contributed by atoms with van der Waals surface area (Å²) in [5, 5.41) is 20.2. The summed E-state index contributed by atoms with van der Waals surface area (Å²) in [4.78, 5) is 23.6. The number of ether oxygens (including phenoxy) is 1. The van der Waals surface area contributed by atoms with Crippen LogP contribution in [0.1, 0.15) is 18.3 Å². The molecule has 0 spiro atoms. The predicted octanol–water partition coefficient (Wildman–Crippen LogP) is 2.18. The number of halogens is 1. The molecular formula is C16H16ClN5O3S. The van der Waals surface area contributed by atoms with Crippen molar-refractivity contribution >= 4 is 40.9 Å². The summed E-state index contributed by atoms with van der Waals surface area (Å²) in [7, 11) is 1.72. The van der Waals surface area contributed by atoms with Gasteiger partial charge < -0.3 is 14.6 Å². The third-order valence-electron chi connectivity index (χ3n) is 3.24. The highest BCUT2D eigenvalue weighted by molar-refractivity contribution is 7.99. The Labute approximate surface area is 159 Å². The van der Waals surface area contributed by atoms with Gasteiger partial charge >= 0.3 is 5.97 Å². The molecule has 1 aromatic heterocycles. The van der Waals surface area contributed by atoms with Crippen molar-refractivity contribution < 1.29 is 14.3 Å². The first kappa shape index (κ1) is 19.8. The highest BCUT2D eigenvalue weighted by Gasteiger charge is 2.15. The summed E-state index contributed by atoms with van der Waals surface area (Å²) in [6.45, 7) is 2.04. The number of amides is 1. The van der Waals surface area contributed by atoms with E-state index in [4.69, 9.17) is 21.6 Å². The zero-order chi connectivity index (χ0) is 19.1. The Morgan fingerprint density at radius 1 is 1.42 bits per heavy atom. The van der Waals surface area contributed by atoms with Gasteiger partial charge in [0.15, 0.2) is 5.16 Å². The maximum Gasteiger partial charge on any atom is 0.313 e. The number of carbonyl (C=O) groups is 2. The number of nitriles is 1. The summed E-state index contributed by atoms with van der Waals surface area (Å²) < 4.78 is 6.53. The van der Waals surface area contributed by atoms with E-state index >= 15 is 0 Å². The molecular weight excluding hydrogens is 378 g/mol. The van der Waals surface area contributed by atoms with Crippen molar-refractivity contribution in [1.29, 1.82) is 5.26 Å². The zero-order valence-corrected chi connectivity index (χ0v) is 15.7. The number of hydrogen-bond acceptors (Lipinski definition) is 7. The van der Waals surface area contributed by atoms with Crippen LogP contribution in [0.25, 0.3) is 0 Å². The SMILES string of the molecule is CCOC(=O)Cc1nnc(SCC(=O)Nc2ccc(C#N)c(Cl)c2)n1C. The monoisotopic (exact) mass is 393 g/mol. The third kappa shape index (κ3) is 5.21. The Bertz CT molecular complexity index is 862. The molecule has 0 aliphatic rings. The van der Waals surface area contributed by atoms with E-state index in [0.717, 1.165) is 0 Å². The second kappa shape index (κ2) is 9.22. The van der Waals surface area contributed by atoms with E-state index in [9.17, 15) is 9.59 Å². The summed E-state index contributed by atoms with van der Waals surface area (Å²) >= 11 is 7.12. The highest BCUT2D eigenvalue weighted by atomic mass is 35.5. The van der Waals surface area contributed by atoms with Crippen LogP contribution in [0, 0.1) is 11.3 Å². The quantitative estimate of drug-likeness (QED) is 0.567. The lowest BCUT2D eigenvalue weighted by molar-refractivity contribution is -0.142. The molecule has 0 bridgehead atoms. The Morgan fingerprint density at radius 3 is 2.85 bits per heavy atom. The fourth-order valence-electron chi connectivity index (χ4n) is 1.98. The van der Waals surface area contributed by atoms with Crippen molar-refractivity contribution in [3.63, 3.8) is 0 Å². The lowest BCUT2D eigenvalue weighted by Gasteiger charge is -2.06. The molecule has 2 aromatic rings. The Morgan fingerprint density at radius 2 is 2.19 bits per heavy atom. The molecule has 8 nitrogen and oxygen atoms in total. The lowest BCUT2D eigenvalue weighted by atomic mass is 10.2. The van der Waals surface area contributed by atoms with Gasteiger partial charge in [-0.25, -0.2) is 0 Å². The fraction of sp³-hybridized carbons (Fsp3) is 0.312. The Hall–Kier alpha value is -2.57. The predicted molar refractivity (Wildman–Crippen MR) is 96.9 cm³/mol. The normalized spacial score (nSPS) is 10.2. The molecule has 0 aliphatic heterocycles. The van der Waals surface area contributed by atoms with Gasteiger partial charge in [-0.2, -0.15) is 5.26 Å². The summed E-state index contributed by atoms with van der Waals surface area (Å²) in [6.07, 6.45) is 0.0217. The Balaban J connectivity index is 1.91. The van der Waals surface area contributed by atoms with Gasteiger partial charge in [-0.3, -0.25) is 9.59 Å². The van der Waals surface area contributed by atoms with Crippen LogP contribution in [0.5, 0.6) is 0 Å². The van der Waals surface area contributed by atoms with Crippen molar-refractivity contribution in [2.75, 3.05) is 17.7 Å². The molecule has 136 valence electrons. The number of aromatic nitrogens is 3. The summed E-state index contributed by atoms with van der Waals surface area (Å²) in [6, 6.07) is 6.61. The minimum atomic E-state index is -0.380. The van der Waals surface area contributed by atoms with Gasteiger partial charge in [0.05, 0.1) is 22.9 Å². The molecule has 0 aliphatic carbocycles. The van der Waals surface area contributed by atoms with Crippen LogP contribution in [0.3, 0.4) is 0 Å². The van der Waals surface area contributed by atoms with Gasteiger partial charge in [0.1, 0.15) is 18.3 Å². The van der Waals surface area contributed by atoms with E-state index in [-0.39, 0.29) is 29.1 Å². The first-order chi connectivity index (χ1) is 12.4. The molecule has 2 rings (SSSR count). The van der Waals surface area contributed by atoms with Crippen LogP contribution in [0.4, 0.5) is 5.69 Å². The molecule has 1 N–H and O–H groups in total. The van der Waals surface area contributed by atoms with E-state index in [1.165, 1.54) is 23.9 Å². The van der Waals surface area contributed by atoms with E-state index in [0.29, 0.717) is 28.8 Å². The van der Waals surface area contributed by atoms with Crippen LogP contribution in [-0.2, 0) is 27.8 Å². The van der Waals surface area contributed by atoms with Gasteiger partial charge in [0.25, 0.3) is 0 Å². The van der Waals surface area contributed by atoms with E-state index < -0.39 is 0 Å². The van der Waals surface area contributed by atoms with Gasteiger partial charge in [0.2, 0.25) is 5.91 Å². The second-order valence-corrected chi connectivity index (χ2v) is 6.43. The number of nitrogens with zero attached hydrogens (tertiary/aromatic N) is 4. The molecule has 1 aromatic carbocycles. The van der Waals surface area contributed by atoms with Crippen molar-refractivity contribution in [3.8, 4) is 6.07 Å². The van der Waals surface area contributed by atoms with E-state index in [1.807, 2.05) is 6.07 Å². The van der Waals surface area contributed by atoms with Gasteiger partial charge in [-0.1, -0.05) is 23.4 Å². The first-order valence-corrected chi connectivity index (χ1v) is 8.97. The number of benzene rings is 1. The minimum absolute atomic E-state index is 0.0217. The fourth-order valence-corrected chi connectivity index (χ4v) is 2.93. The highest BCUT2D eigenvalue weighted by Crippen LogP contribution is 2.21. The van der Waals surface area contributed by atoms with Crippen LogP contribution in [0.15, 0.2) is 23.4 Å². The van der Waals surface area contributed by atoms with Gasteiger partial charge in [-0.05, 0) is 25.1 Å². The molecule has 10 heteroatoms. The largest absolute Gasteiger partial charge is 0.466 e.